The Morgan fingerprint density at radius 2 is 1.81 bits per heavy atom. The van der Waals surface area contributed by atoms with E-state index in [-0.39, 0.29) is 18.1 Å². The van der Waals surface area contributed by atoms with Crippen LogP contribution < -0.4 is 5.32 Å². The third-order valence-corrected chi connectivity index (χ3v) is 6.77. The summed E-state index contributed by atoms with van der Waals surface area (Å²) in [6.45, 7) is 4.40. The van der Waals surface area contributed by atoms with Crippen molar-refractivity contribution in [2.75, 3.05) is 26.5 Å². The molecular formula is C19H28N2O4S. The third kappa shape index (κ3) is 4.45. The first-order valence-electron chi connectivity index (χ1n) is 9.07. The maximum absolute atomic E-state index is 11.6. The van der Waals surface area contributed by atoms with E-state index in [1.807, 2.05) is 12.1 Å². The zero-order valence-electron chi connectivity index (χ0n) is 15.6. The van der Waals surface area contributed by atoms with Crippen LogP contribution in [0.15, 0.2) is 29.2 Å². The van der Waals surface area contributed by atoms with Gasteiger partial charge in [0.1, 0.15) is 0 Å². The standard InChI is InChI=1S/C19H28N2O4S/c1-13(22)20-18-8-15-11-21(12-16(15)9-19(18)25-2)10-14-4-6-17(7-5-14)26(3,23)24/h4-7,15-16,18-19H,8-12H2,1-3H3,(H,20,22)/t15-,16+,18-,19-/m1/s1. The summed E-state index contributed by atoms with van der Waals surface area (Å²) in [4.78, 5) is 14.2. The van der Waals surface area contributed by atoms with Gasteiger partial charge in [-0.3, -0.25) is 9.69 Å². The van der Waals surface area contributed by atoms with E-state index >= 15 is 0 Å². The van der Waals surface area contributed by atoms with Crippen LogP contribution >= 0.6 is 0 Å². The summed E-state index contributed by atoms with van der Waals surface area (Å²) < 4.78 is 28.8. The number of carbonyl (C=O) groups is 1. The van der Waals surface area contributed by atoms with Gasteiger partial charge in [-0.05, 0) is 42.4 Å². The minimum absolute atomic E-state index is 0.00341. The van der Waals surface area contributed by atoms with Gasteiger partial charge in [0.05, 0.1) is 17.0 Å². The number of carbonyl (C=O) groups excluding carboxylic acids is 1. The highest BCUT2D eigenvalue weighted by Gasteiger charge is 2.42. The van der Waals surface area contributed by atoms with Gasteiger partial charge in [-0.2, -0.15) is 0 Å². The fraction of sp³-hybridized carbons (Fsp3) is 0.632. The zero-order valence-corrected chi connectivity index (χ0v) is 16.5. The van der Waals surface area contributed by atoms with E-state index in [4.69, 9.17) is 4.74 Å². The molecule has 0 spiro atoms. The van der Waals surface area contributed by atoms with Gasteiger partial charge in [0.2, 0.25) is 5.91 Å². The zero-order chi connectivity index (χ0) is 18.9. The van der Waals surface area contributed by atoms with Gasteiger partial charge in [0.15, 0.2) is 9.84 Å². The number of amides is 1. The van der Waals surface area contributed by atoms with Crippen molar-refractivity contribution in [2.45, 2.75) is 43.4 Å². The number of fused-ring (bicyclic) bond motifs is 1. The predicted molar refractivity (Wildman–Crippen MR) is 99.4 cm³/mol. The molecule has 7 heteroatoms. The molecule has 1 saturated heterocycles. The Balaban J connectivity index is 1.62. The Morgan fingerprint density at radius 3 is 2.35 bits per heavy atom. The van der Waals surface area contributed by atoms with E-state index in [0.29, 0.717) is 16.7 Å². The van der Waals surface area contributed by atoms with Crippen LogP contribution in [-0.2, 0) is 25.9 Å². The molecular weight excluding hydrogens is 352 g/mol. The summed E-state index contributed by atoms with van der Waals surface area (Å²) in [5.74, 6) is 1.14. The highest BCUT2D eigenvalue weighted by Crippen LogP contribution is 2.38. The molecule has 0 aromatic heterocycles. The molecule has 144 valence electrons. The molecule has 3 rings (SSSR count). The van der Waals surface area contributed by atoms with Gasteiger partial charge >= 0.3 is 0 Å². The molecule has 1 aromatic carbocycles. The van der Waals surface area contributed by atoms with Crippen molar-refractivity contribution in [3.63, 3.8) is 0 Å². The third-order valence-electron chi connectivity index (χ3n) is 5.64. The lowest BCUT2D eigenvalue weighted by Gasteiger charge is -2.37. The van der Waals surface area contributed by atoms with Gasteiger partial charge in [-0.25, -0.2) is 8.42 Å². The lowest BCUT2D eigenvalue weighted by molar-refractivity contribution is -0.121. The molecule has 26 heavy (non-hydrogen) atoms. The quantitative estimate of drug-likeness (QED) is 0.837. The first-order chi connectivity index (χ1) is 12.3. The summed E-state index contributed by atoms with van der Waals surface area (Å²) in [5.41, 5.74) is 1.12. The Kier molecular flexibility index (Phi) is 5.69. The van der Waals surface area contributed by atoms with Gasteiger partial charge in [-0.1, -0.05) is 12.1 Å². The second-order valence-corrected chi connectivity index (χ2v) is 9.70. The molecule has 1 aromatic rings. The normalized spacial score (nSPS) is 29.3. The van der Waals surface area contributed by atoms with Gasteiger partial charge in [0, 0.05) is 39.9 Å². The first kappa shape index (κ1) is 19.3. The number of rotatable bonds is 5. The number of ether oxygens (including phenoxy) is 1. The number of benzene rings is 1. The van der Waals surface area contributed by atoms with Crippen LogP contribution in [0, 0.1) is 11.8 Å². The van der Waals surface area contributed by atoms with Gasteiger partial charge in [0.25, 0.3) is 0 Å². The monoisotopic (exact) mass is 380 g/mol. The Labute approximate surface area is 155 Å². The maximum atomic E-state index is 11.6. The molecule has 1 N–H and O–H groups in total. The smallest absolute Gasteiger partial charge is 0.217 e. The molecule has 0 bridgehead atoms. The largest absolute Gasteiger partial charge is 0.379 e. The predicted octanol–water partition coefficient (Wildman–Crippen LogP) is 1.45. The average Bonchev–Trinajstić information content (AvgIpc) is 2.94. The van der Waals surface area contributed by atoms with Crippen molar-refractivity contribution >= 4 is 15.7 Å². The van der Waals surface area contributed by atoms with Crippen molar-refractivity contribution < 1.29 is 17.9 Å². The van der Waals surface area contributed by atoms with Crippen molar-refractivity contribution in [2.24, 2.45) is 11.8 Å². The molecule has 1 aliphatic heterocycles. The summed E-state index contributed by atoms with van der Waals surface area (Å²) >= 11 is 0. The lowest BCUT2D eigenvalue weighted by Crippen LogP contribution is -2.49. The van der Waals surface area contributed by atoms with Crippen molar-refractivity contribution in [3.05, 3.63) is 29.8 Å². The van der Waals surface area contributed by atoms with E-state index in [9.17, 15) is 13.2 Å². The van der Waals surface area contributed by atoms with E-state index < -0.39 is 9.84 Å². The average molecular weight is 381 g/mol. The van der Waals surface area contributed by atoms with Crippen LogP contribution in [0.25, 0.3) is 0 Å². The SMILES string of the molecule is CO[C@@H]1C[C@H]2CN(Cc3ccc(S(C)(=O)=O)cc3)C[C@H]2C[C@H]1NC(C)=O. The fourth-order valence-corrected chi connectivity index (χ4v) is 5.04. The number of hydrogen-bond acceptors (Lipinski definition) is 5. The van der Waals surface area contributed by atoms with Crippen LogP contribution in [0.2, 0.25) is 0 Å². The van der Waals surface area contributed by atoms with E-state index in [1.165, 1.54) is 6.26 Å². The number of nitrogens with one attached hydrogen (secondary N) is 1. The van der Waals surface area contributed by atoms with E-state index in [1.54, 1.807) is 26.2 Å². The highest BCUT2D eigenvalue weighted by atomic mass is 32.2. The van der Waals surface area contributed by atoms with Crippen LogP contribution in [-0.4, -0.2) is 57.8 Å². The molecule has 1 saturated carbocycles. The maximum Gasteiger partial charge on any atom is 0.217 e. The fourth-order valence-electron chi connectivity index (χ4n) is 4.41. The molecule has 2 aliphatic rings. The lowest BCUT2D eigenvalue weighted by atomic mass is 9.77. The summed E-state index contributed by atoms with van der Waals surface area (Å²) in [7, 11) is -1.43. The second-order valence-electron chi connectivity index (χ2n) is 7.68. The second kappa shape index (κ2) is 7.66. The molecule has 1 amide bonds. The summed E-state index contributed by atoms with van der Waals surface area (Å²) in [6, 6.07) is 7.25. The van der Waals surface area contributed by atoms with Gasteiger partial charge in [-0.15, -0.1) is 0 Å². The minimum Gasteiger partial charge on any atom is -0.379 e. The van der Waals surface area contributed by atoms with Gasteiger partial charge < -0.3 is 10.1 Å². The van der Waals surface area contributed by atoms with Crippen molar-refractivity contribution in [1.29, 1.82) is 0 Å². The number of nitrogens with zero attached hydrogens (tertiary/aromatic N) is 1. The van der Waals surface area contributed by atoms with E-state index in [0.717, 1.165) is 38.0 Å². The number of hydrogen-bond donors (Lipinski definition) is 1. The summed E-state index contributed by atoms with van der Waals surface area (Å²) in [5, 5.41) is 3.04. The topological polar surface area (TPSA) is 75.7 Å². The van der Waals surface area contributed by atoms with Crippen LogP contribution in [0.3, 0.4) is 0 Å². The molecule has 1 heterocycles. The molecule has 0 unspecified atom stereocenters. The minimum atomic E-state index is -3.15. The van der Waals surface area contributed by atoms with Crippen LogP contribution in [0.4, 0.5) is 0 Å². The molecule has 0 radical (unpaired) electrons. The Hall–Kier alpha value is -1.44. The number of likely N-dealkylation sites (tertiary alicyclic amines) is 1. The van der Waals surface area contributed by atoms with Crippen LogP contribution in [0.1, 0.15) is 25.3 Å². The van der Waals surface area contributed by atoms with Crippen LogP contribution in [0.5, 0.6) is 0 Å². The highest BCUT2D eigenvalue weighted by molar-refractivity contribution is 7.90. The van der Waals surface area contributed by atoms with Crippen molar-refractivity contribution in [1.82, 2.24) is 10.2 Å². The molecule has 2 fully saturated rings. The van der Waals surface area contributed by atoms with Crippen molar-refractivity contribution in [3.8, 4) is 0 Å². The first-order valence-corrected chi connectivity index (χ1v) is 11.0. The number of methoxy groups -OCH3 is 1. The van der Waals surface area contributed by atoms with E-state index in [2.05, 4.69) is 10.2 Å². The molecule has 1 aliphatic carbocycles. The Bertz CT molecular complexity index is 747. The number of sulfone groups is 1. The molecule has 6 nitrogen and oxygen atoms in total. The Morgan fingerprint density at radius 1 is 1.19 bits per heavy atom. The molecule has 4 atom stereocenters. The summed E-state index contributed by atoms with van der Waals surface area (Å²) in [6.07, 6.45) is 3.22.